The normalized spacial score (nSPS) is 10.4. The fraction of sp³-hybridized carbons (Fsp3) is 0.167. The summed E-state index contributed by atoms with van der Waals surface area (Å²) in [5.74, 6) is -2.06. The smallest absolute Gasteiger partial charge is 0.254 e. The molecule has 0 aliphatic rings. The van der Waals surface area contributed by atoms with E-state index in [2.05, 4.69) is 10.4 Å². The monoisotopic (exact) mass is 251 g/mol. The number of hydrogen-bond acceptors (Lipinski definition) is 2. The zero-order chi connectivity index (χ0) is 13.1. The van der Waals surface area contributed by atoms with Gasteiger partial charge in [0.25, 0.3) is 5.91 Å². The highest BCUT2D eigenvalue weighted by atomic mass is 19.1. The molecule has 4 nitrogen and oxygen atoms in total. The summed E-state index contributed by atoms with van der Waals surface area (Å²) in [7, 11) is 1.75. The summed E-state index contributed by atoms with van der Waals surface area (Å²) >= 11 is 0. The molecule has 0 bridgehead atoms. The molecule has 18 heavy (non-hydrogen) atoms. The van der Waals surface area contributed by atoms with Crippen LogP contribution in [0.4, 0.5) is 8.78 Å². The first-order valence-corrected chi connectivity index (χ1v) is 5.27. The number of aromatic nitrogens is 2. The van der Waals surface area contributed by atoms with Crippen molar-refractivity contribution in [3.8, 4) is 0 Å². The fourth-order valence-corrected chi connectivity index (χ4v) is 1.51. The van der Waals surface area contributed by atoms with Gasteiger partial charge in [0.15, 0.2) is 0 Å². The molecule has 0 aliphatic carbocycles. The molecule has 0 unspecified atom stereocenters. The molecule has 0 aliphatic heterocycles. The lowest BCUT2D eigenvalue weighted by atomic mass is 10.2. The molecule has 94 valence electrons. The maximum Gasteiger partial charge on any atom is 0.254 e. The van der Waals surface area contributed by atoms with Crippen molar-refractivity contribution in [3.63, 3.8) is 0 Å². The van der Waals surface area contributed by atoms with Gasteiger partial charge in [0.2, 0.25) is 0 Å². The number of carbonyl (C=O) groups is 1. The predicted octanol–water partition coefficient (Wildman–Crippen LogP) is 1.63. The van der Waals surface area contributed by atoms with Gasteiger partial charge in [-0.15, -0.1) is 0 Å². The Morgan fingerprint density at radius 3 is 2.89 bits per heavy atom. The molecule has 1 aromatic heterocycles. The molecular weight excluding hydrogens is 240 g/mol. The summed E-state index contributed by atoms with van der Waals surface area (Å²) in [6.07, 6.45) is 3.31. The van der Waals surface area contributed by atoms with Gasteiger partial charge in [-0.25, -0.2) is 8.78 Å². The second-order valence-electron chi connectivity index (χ2n) is 3.83. The predicted molar refractivity (Wildman–Crippen MR) is 60.7 cm³/mol. The standard InChI is InChI=1S/C12H11F2N3O/c1-17-7-8(6-16-17)5-15-12(18)10-4-9(13)2-3-11(10)14/h2-4,6-7H,5H2,1H3,(H,15,18). The van der Waals surface area contributed by atoms with Crippen molar-refractivity contribution in [3.05, 3.63) is 53.4 Å². The van der Waals surface area contributed by atoms with Crippen LogP contribution in [0.25, 0.3) is 0 Å². The molecule has 6 heteroatoms. The van der Waals surface area contributed by atoms with Crippen LogP contribution in [0.3, 0.4) is 0 Å². The third kappa shape index (κ3) is 2.71. The second-order valence-corrected chi connectivity index (χ2v) is 3.83. The van der Waals surface area contributed by atoms with Gasteiger partial charge in [0.1, 0.15) is 11.6 Å². The zero-order valence-corrected chi connectivity index (χ0v) is 9.65. The molecule has 1 amide bonds. The number of nitrogens with one attached hydrogen (secondary N) is 1. The van der Waals surface area contributed by atoms with E-state index in [4.69, 9.17) is 0 Å². The first kappa shape index (κ1) is 12.2. The van der Waals surface area contributed by atoms with Crippen LogP contribution in [-0.2, 0) is 13.6 Å². The highest BCUT2D eigenvalue weighted by molar-refractivity contribution is 5.94. The van der Waals surface area contributed by atoms with Crippen molar-refractivity contribution in [1.82, 2.24) is 15.1 Å². The Bertz CT molecular complexity index is 580. The van der Waals surface area contributed by atoms with E-state index >= 15 is 0 Å². The Labute approximate surface area is 102 Å². The Morgan fingerprint density at radius 2 is 2.22 bits per heavy atom. The van der Waals surface area contributed by atoms with E-state index in [0.29, 0.717) is 0 Å². The maximum atomic E-state index is 13.3. The third-order valence-electron chi connectivity index (χ3n) is 2.38. The Balaban J connectivity index is 2.05. The van der Waals surface area contributed by atoms with Gasteiger partial charge in [0.05, 0.1) is 11.8 Å². The minimum absolute atomic E-state index is 0.211. The summed E-state index contributed by atoms with van der Waals surface area (Å²) in [4.78, 5) is 11.7. The molecule has 0 saturated heterocycles. The lowest BCUT2D eigenvalue weighted by Gasteiger charge is -2.04. The van der Waals surface area contributed by atoms with E-state index in [1.807, 2.05) is 0 Å². The van der Waals surface area contributed by atoms with Crippen LogP contribution in [0.5, 0.6) is 0 Å². The fourth-order valence-electron chi connectivity index (χ4n) is 1.51. The molecule has 1 N–H and O–H groups in total. The topological polar surface area (TPSA) is 46.9 Å². The van der Waals surface area contributed by atoms with Gasteiger partial charge in [-0.3, -0.25) is 9.48 Å². The minimum Gasteiger partial charge on any atom is -0.348 e. The lowest BCUT2D eigenvalue weighted by Crippen LogP contribution is -2.23. The number of rotatable bonds is 3. The van der Waals surface area contributed by atoms with Crippen molar-refractivity contribution >= 4 is 5.91 Å². The van der Waals surface area contributed by atoms with E-state index in [1.165, 1.54) is 0 Å². The van der Waals surface area contributed by atoms with Gasteiger partial charge >= 0.3 is 0 Å². The van der Waals surface area contributed by atoms with Crippen molar-refractivity contribution in [2.75, 3.05) is 0 Å². The molecule has 0 atom stereocenters. The molecular formula is C12H11F2N3O. The van der Waals surface area contributed by atoms with Crippen LogP contribution in [0.15, 0.2) is 30.6 Å². The van der Waals surface area contributed by atoms with Crippen molar-refractivity contribution < 1.29 is 13.6 Å². The van der Waals surface area contributed by atoms with Gasteiger partial charge in [-0.2, -0.15) is 5.10 Å². The van der Waals surface area contributed by atoms with Crippen molar-refractivity contribution in [2.24, 2.45) is 7.05 Å². The van der Waals surface area contributed by atoms with Crippen molar-refractivity contribution in [1.29, 1.82) is 0 Å². The number of benzene rings is 1. The quantitative estimate of drug-likeness (QED) is 0.901. The third-order valence-corrected chi connectivity index (χ3v) is 2.38. The molecule has 0 spiro atoms. The number of nitrogens with zero attached hydrogens (tertiary/aromatic N) is 2. The van der Waals surface area contributed by atoms with Crippen LogP contribution in [0.1, 0.15) is 15.9 Å². The molecule has 1 aromatic carbocycles. The molecule has 1 heterocycles. The maximum absolute atomic E-state index is 13.3. The highest BCUT2D eigenvalue weighted by Crippen LogP contribution is 2.09. The summed E-state index contributed by atoms with van der Waals surface area (Å²) in [5, 5.41) is 6.43. The van der Waals surface area contributed by atoms with E-state index < -0.39 is 17.5 Å². The van der Waals surface area contributed by atoms with E-state index in [-0.39, 0.29) is 12.1 Å². The molecule has 0 fully saturated rings. The Morgan fingerprint density at radius 1 is 1.44 bits per heavy atom. The van der Waals surface area contributed by atoms with E-state index in [1.54, 1.807) is 24.1 Å². The SMILES string of the molecule is Cn1cc(CNC(=O)c2cc(F)ccc2F)cn1. The van der Waals surface area contributed by atoms with Gasteiger partial charge in [-0.05, 0) is 18.2 Å². The minimum atomic E-state index is -0.750. The Hall–Kier alpha value is -2.24. The first-order chi connectivity index (χ1) is 8.56. The lowest BCUT2D eigenvalue weighted by molar-refractivity contribution is 0.0946. The summed E-state index contributed by atoms with van der Waals surface area (Å²) < 4.78 is 27.8. The van der Waals surface area contributed by atoms with Crippen LogP contribution in [-0.4, -0.2) is 15.7 Å². The highest BCUT2D eigenvalue weighted by Gasteiger charge is 2.12. The zero-order valence-electron chi connectivity index (χ0n) is 9.65. The first-order valence-electron chi connectivity index (χ1n) is 5.27. The van der Waals surface area contributed by atoms with Gasteiger partial charge in [-0.1, -0.05) is 0 Å². The molecule has 2 rings (SSSR count). The summed E-state index contributed by atoms with van der Waals surface area (Å²) in [6, 6.07) is 2.76. The van der Waals surface area contributed by atoms with Crippen LogP contribution in [0, 0.1) is 11.6 Å². The number of carbonyl (C=O) groups excluding carboxylic acids is 1. The van der Waals surface area contributed by atoms with Crippen LogP contribution >= 0.6 is 0 Å². The summed E-state index contributed by atoms with van der Waals surface area (Å²) in [5.41, 5.74) is 0.474. The number of aryl methyl sites for hydroxylation is 1. The average Bonchev–Trinajstić information content (AvgIpc) is 2.75. The molecule has 0 radical (unpaired) electrons. The van der Waals surface area contributed by atoms with E-state index in [0.717, 1.165) is 23.8 Å². The second kappa shape index (κ2) is 4.95. The van der Waals surface area contributed by atoms with Crippen LogP contribution in [0.2, 0.25) is 0 Å². The van der Waals surface area contributed by atoms with Gasteiger partial charge in [0, 0.05) is 25.4 Å². The van der Waals surface area contributed by atoms with Crippen molar-refractivity contribution in [2.45, 2.75) is 6.54 Å². The Kier molecular flexibility index (Phi) is 3.36. The number of hydrogen-bond donors (Lipinski definition) is 1. The van der Waals surface area contributed by atoms with E-state index in [9.17, 15) is 13.6 Å². The summed E-state index contributed by atoms with van der Waals surface area (Å²) in [6.45, 7) is 0.211. The molecule has 2 aromatic rings. The average molecular weight is 251 g/mol. The van der Waals surface area contributed by atoms with Gasteiger partial charge < -0.3 is 5.32 Å². The largest absolute Gasteiger partial charge is 0.348 e. The number of halogens is 2. The number of amides is 1. The van der Waals surface area contributed by atoms with Crippen LogP contribution < -0.4 is 5.32 Å². The molecule has 0 saturated carbocycles.